The molecule has 0 bridgehead atoms. The van der Waals surface area contributed by atoms with Crippen LogP contribution in [-0.2, 0) is 16.6 Å². The molecule has 0 saturated carbocycles. The number of benzene rings is 2. The molecule has 0 spiro atoms. The first-order chi connectivity index (χ1) is 12.8. The van der Waals surface area contributed by atoms with E-state index in [9.17, 15) is 17.6 Å². The van der Waals surface area contributed by atoms with Crippen LogP contribution in [0.2, 0.25) is 0 Å². The van der Waals surface area contributed by atoms with Gasteiger partial charge in [-0.25, -0.2) is 17.9 Å². The highest BCUT2D eigenvalue weighted by Gasteiger charge is 2.11. The van der Waals surface area contributed by atoms with E-state index in [1.54, 1.807) is 0 Å². The van der Waals surface area contributed by atoms with Gasteiger partial charge >= 0.3 is 0 Å². The summed E-state index contributed by atoms with van der Waals surface area (Å²) in [6.07, 6.45) is 4.45. The zero-order valence-corrected chi connectivity index (χ0v) is 14.8. The van der Waals surface area contributed by atoms with Gasteiger partial charge in [-0.15, -0.1) is 0 Å². The molecule has 1 heterocycles. The number of hydrogen-bond acceptors (Lipinski definition) is 5. The van der Waals surface area contributed by atoms with Gasteiger partial charge in [-0.2, -0.15) is 0 Å². The maximum Gasteiger partial charge on any atom is 0.251 e. The Labute approximate surface area is 155 Å². The molecule has 3 aromatic rings. The van der Waals surface area contributed by atoms with Crippen LogP contribution in [0.3, 0.4) is 0 Å². The Morgan fingerprint density at radius 3 is 2.48 bits per heavy atom. The molecular formula is C18H15FN4O3S. The molecule has 0 aliphatic rings. The summed E-state index contributed by atoms with van der Waals surface area (Å²) in [7, 11) is -3.77. The average molecular weight is 386 g/mol. The zero-order chi connectivity index (χ0) is 19.4. The molecule has 0 fully saturated rings. The van der Waals surface area contributed by atoms with E-state index in [1.807, 2.05) is 0 Å². The number of carbonyl (C=O) groups is 1. The van der Waals surface area contributed by atoms with Gasteiger partial charge in [0, 0.05) is 30.1 Å². The summed E-state index contributed by atoms with van der Waals surface area (Å²) < 4.78 is 36.4. The van der Waals surface area contributed by atoms with Crippen LogP contribution in [0.5, 0.6) is 0 Å². The smallest absolute Gasteiger partial charge is 0.251 e. The Bertz CT molecular complexity index is 1070. The molecule has 0 unspecified atom stereocenters. The van der Waals surface area contributed by atoms with Gasteiger partial charge in [0.25, 0.3) is 5.91 Å². The van der Waals surface area contributed by atoms with Crippen LogP contribution in [0, 0.1) is 5.82 Å². The number of aromatic nitrogens is 2. The van der Waals surface area contributed by atoms with Crippen molar-refractivity contribution in [3.05, 3.63) is 78.0 Å². The van der Waals surface area contributed by atoms with Crippen LogP contribution < -0.4 is 10.5 Å². The van der Waals surface area contributed by atoms with Crippen molar-refractivity contribution in [1.29, 1.82) is 0 Å². The molecule has 2 aromatic carbocycles. The molecular weight excluding hydrogens is 371 g/mol. The number of nitrogens with zero attached hydrogens (tertiary/aromatic N) is 2. The molecule has 0 aliphatic carbocycles. The van der Waals surface area contributed by atoms with Crippen LogP contribution in [0.4, 0.5) is 4.39 Å². The largest absolute Gasteiger partial charge is 0.348 e. The minimum absolute atomic E-state index is 0.0173. The number of primary sulfonamides is 1. The van der Waals surface area contributed by atoms with Crippen molar-refractivity contribution in [2.24, 2.45) is 5.14 Å². The summed E-state index contributed by atoms with van der Waals surface area (Å²) in [6, 6.07) is 9.70. The molecule has 0 aliphatic heterocycles. The van der Waals surface area contributed by atoms with E-state index < -0.39 is 21.7 Å². The fourth-order valence-electron chi connectivity index (χ4n) is 2.40. The molecule has 1 aromatic heterocycles. The van der Waals surface area contributed by atoms with Gasteiger partial charge in [0.1, 0.15) is 5.82 Å². The minimum Gasteiger partial charge on any atom is -0.348 e. The molecule has 0 atom stereocenters. The van der Waals surface area contributed by atoms with E-state index in [0.717, 1.165) is 6.07 Å². The molecule has 3 rings (SSSR count). The number of halogens is 1. The monoisotopic (exact) mass is 386 g/mol. The van der Waals surface area contributed by atoms with Crippen molar-refractivity contribution in [1.82, 2.24) is 15.3 Å². The molecule has 7 nitrogen and oxygen atoms in total. The van der Waals surface area contributed by atoms with E-state index in [0.29, 0.717) is 16.8 Å². The van der Waals surface area contributed by atoms with Crippen LogP contribution >= 0.6 is 0 Å². The third-order valence-corrected chi connectivity index (χ3v) is 4.65. The number of nitrogens with two attached hydrogens (primary N) is 1. The lowest BCUT2D eigenvalue weighted by atomic mass is 10.1. The molecule has 0 saturated heterocycles. The zero-order valence-electron chi connectivity index (χ0n) is 14.0. The third kappa shape index (κ3) is 4.72. The number of rotatable bonds is 5. The summed E-state index contributed by atoms with van der Waals surface area (Å²) >= 11 is 0. The Morgan fingerprint density at radius 1 is 1.11 bits per heavy atom. The normalized spacial score (nSPS) is 11.2. The van der Waals surface area contributed by atoms with E-state index in [2.05, 4.69) is 15.3 Å². The topological polar surface area (TPSA) is 115 Å². The lowest BCUT2D eigenvalue weighted by Gasteiger charge is -2.08. The highest BCUT2D eigenvalue weighted by atomic mass is 32.2. The maximum absolute atomic E-state index is 13.9. The Kier molecular flexibility index (Phi) is 5.24. The predicted octanol–water partition coefficient (Wildman–Crippen LogP) is 1.86. The SMILES string of the molecule is NS(=O)(=O)c1ccc(CNC(=O)c2cc(F)cc(-c3cnccn3)c2)cc1. The predicted molar refractivity (Wildman–Crippen MR) is 96.4 cm³/mol. The fourth-order valence-corrected chi connectivity index (χ4v) is 2.91. The second-order valence-corrected chi connectivity index (χ2v) is 7.25. The summed E-state index contributed by atoms with van der Waals surface area (Å²) in [6.45, 7) is 0.140. The summed E-state index contributed by atoms with van der Waals surface area (Å²) in [5.74, 6) is -1.05. The van der Waals surface area contributed by atoms with E-state index in [1.165, 1.54) is 55.0 Å². The summed E-state index contributed by atoms with van der Waals surface area (Å²) in [4.78, 5) is 20.4. The highest BCUT2D eigenvalue weighted by molar-refractivity contribution is 7.89. The van der Waals surface area contributed by atoms with Gasteiger partial charge in [0.15, 0.2) is 0 Å². The third-order valence-electron chi connectivity index (χ3n) is 3.72. The molecule has 3 N–H and O–H groups in total. The quantitative estimate of drug-likeness (QED) is 0.694. The minimum atomic E-state index is -3.77. The summed E-state index contributed by atoms with van der Waals surface area (Å²) in [5, 5.41) is 7.70. The van der Waals surface area contributed by atoms with Crippen molar-refractivity contribution in [2.45, 2.75) is 11.4 Å². The molecule has 1 amide bonds. The van der Waals surface area contributed by atoms with E-state index in [-0.39, 0.29) is 17.0 Å². The van der Waals surface area contributed by atoms with E-state index in [4.69, 9.17) is 5.14 Å². The second kappa shape index (κ2) is 7.60. The second-order valence-electron chi connectivity index (χ2n) is 5.69. The first kappa shape index (κ1) is 18.6. The van der Waals surface area contributed by atoms with Gasteiger partial charge in [-0.1, -0.05) is 12.1 Å². The van der Waals surface area contributed by atoms with Gasteiger partial charge in [-0.3, -0.25) is 14.8 Å². The van der Waals surface area contributed by atoms with Crippen LogP contribution in [-0.4, -0.2) is 24.3 Å². The van der Waals surface area contributed by atoms with Gasteiger partial charge in [-0.05, 0) is 35.9 Å². The van der Waals surface area contributed by atoms with Crippen LogP contribution in [0.25, 0.3) is 11.3 Å². The molecule has 138 valence electrons. The number of carbonyl (C=O) groups excluding carboxylic acids is 1. The van der Waals surface area contributed by atoms with Gasteiger partial charge in [0.05, 0.1) is 16.8 Å². The van der Waals surface area contributed by atoms with Crippen molar-refractivity contribution < 1.29 is 17.6 Å². The highest BCUT2D eigenvalue weighted by Crippen LogP contribution is 2.19. The first-order valence-electron chi connectivity index (χ1n) is 7.80. The average Bonchev–Trinajstić information content (AvgIpc) is 2.66. The number of nitrogens with one attached hydrogen (secondary N) is 1. The number of amides is 1. The van der Waals surface area contributed by atoms with Crippen LogP contribution in [0.1, 0.15) is 15.9 Å². The Hall–Kier alpha value is -3.17. The first-order valence-corrected chi connectivity index (χ1v) is 9.34. The van der Waals surface area contributed by atoms with Crippen LogP contribution in [0.15, 0.2) is 66.0 Å². The lowest BCUT2D eigenvalue weighted by Crippen LogP contribution is -2.23. The van der Waals surface area contributed by atoms with Gasteiger partial charge < -0.3 is 5.32 Å². The summed E-state index contributed by atoms with van der Waals surface area (Å²) in [5.41, 5.74) is 1.69. The lowest BCUT2D eigenvalue weighted by molar-refractivity contribution is 0.0950. The van der Waals surface area contributed by atoms with Gasteiger partial charge in [0.2, 0.25) is 10.0 Å². The van der Waals surface area contributed by atoms with E-state index >= 15 is 0 Å². The fraction of sp³-hybridized carbons (Fsp3) is 0.0556. The van der Waals surface area contributed by atoms with Crippen molar-refractivity contribution >= 4 is 15.9 Å². The van der Waals surface area contributed by atoms with Crippen molar-refractivity contribution in [2.75, 3.05) is 0 Å². The van der Waals surface area contributed by atoms with Crippen molar-refractivity contribution in [3.63, 3.8) is 0 Å². The molecule has 9 heteroatoms. The number of sulfonamides is 1. The molecule has 27 heavy (non-hydrogen) atoms. The Balaban J connectivity index is 1.74. The number of hydrogen-bond donors (Lipinski definition) is 2. The Morgan fingerprint density at radius 2 is 1.85 bits per heavy atom. The standard InChI is InChI=1S/C18H15FN4O3S/c19-15-8-13(17-11-21-5-6-22-17)7-14(9-15)18(24)23-10-12-1-3-16(4-2-12)27(20,25)26/h1-9,11H,10H2,(H,23,24)(H2,20,25,26). The molecule has 0 radical (unpaired) electrons. The maximum atomic E-state index is 13.9. The van der Waals surface area contributed by atoms with Crippen molar-refractivity contribution in [3.8, 4) is 11.3 Å².